The SMILES string of the molecule is CC1CC(C)CC(NC(=O)N(C)C(C)(C)C(=O)O)C1. The smallest absolute Gasteiger partial charge is 0.329 e. The predicted molar refractivity (Wildman–Crippen MR) is 74.0 cm³/mol. The van der Waals surface area contributed by atoms with Crippen molar-refractivity contribution >= 4 is 12.0 Å². The molecule has 1 aliphatic rings. The van der Waals surface area contributed by atoms with Gasteiger partial charge >= 0.3 is 12.0 Å². The number of hydrogen-bond donors (Lipinski definition) is 2. The second kappa shape index (κ2) is 5.80. The molecule has 0 aliphatic heterocycles. The van der Waals surface area contributed by atoms with E-state index in [4.69, 9.17) is 5.11 Å². The van der Waals surface area contributed by atoms with Gasteiger partial charge in [-0.3, -0.25) is 0 Å². The Balaban J connectivity index is 2.62. The average Bonchev–Trinajstić information content (AvgIpc) is 2.25. The molecule has 0 heterocycles. The lowest BCUT2D eigenvalue weighted by Gasteiger charge is -2.36. The summed E-state index contributed by atoms with van der Waals surface area (Å²) >= 11 is 0. The molecule has 0 aromatic heterocycles. The maximum atomic E-state index is 12.1. The Morgan fingerprint density at radius 1 is 1.16 bits per heavy atom. The van der Waals surface area contributed by atoms with Gasteiger partial charge in [-0.05, 0) is 44.9 Å². The quantitative estimate of drug-likeness (QED) is 0.827. The van der Waals surface area contributed by atoms with Crippen molar-refractivity contribution in [2.45, 2.75) is 58.5 Å². The normalized spacial score (nSPS) is 27.7. The van der Waals surface area contributed by atoms with Crippen molar-refractivity contribution in [3.05, 3.63) is 0 Å². The van der Waals surface area contributed by atoms with Gasteiger partial charge in [-0.25, -0.2) is 9.59 Å². The van der Waals surface area contributed by atoms with Crippen LogP contribution in [0.25, 0.3) is 0 Å². The number of aliphatic carboxylic acids is 1. The van der Waals surface area contributed by atoms with E-state index in [1.54, 1.807) is 0 Å². The molecular weight excluding hydrogens is 244 g/mol. The Kier molecular flexibility index (Phi) is 4.82. The van der Waals surface area contributed by atoms with Gasteiger partial charge in [0.25, 0.3) is 0 Å². The fourth-order valence-electron chi connectivity index (χ4n) is 2.73. The van der Waals surface area contributed by atoms with Gasteiger partial charge in [0.2, 0.25) is 0 Å². The van der Waals surface area contributed by atoms with Gasteiger partial charge in [-0.1, -0.05) is 13.8 Å². The standard InChI is InChI=1S/C14H26N2O3/c1-9-6-10(2)8-11(7-9)15-13(19)16(5)14(3,4)12(17)18/h9-11H,6-8H2,1-5H3,(H,15,19)(H,17,18). The Labute approximate surface area is 115 Å². The number of hydrogen-bond acceptors (Lipinski definition) is 2. The molecule has 1 aliphatic carbocycles. The summed E-state index contributed by atoms with van der Waals surface area (Å²) in [4.78, 5) is 24.5. The summed E-state index contributed by atoms with van der Waals surface area (Å²) in [5.74, 6) is 0.203. The van der Waals surface area contributed by atoms with Crippen LogP contribution < -0.4 is 5.32 Å². The summed E-state index contributed by atoms with van der Waals surface area (Å²) in [6, 6.07) is -0.156. The Morgan fingerprint density at radius 3 is 2.05 bits per heavy atom. The van der Waals surface area contributed by atoms with E-state index >= 15 is 0 Å². The van der Waals surface area contributed by atoms with Gasteiger partial charge in [-0.15, -0.1) is 0 Å². The highest BCUT2D eigenvalue weighted by Gasteiger charge is 2.36. The van der Waals surface area contributed by atoms with Crippen LogP contribution in [-0.4, -0.2) is 40.6 Å². The van der Waals surface area contributed by atoms with E-state index < -0.39 is 11.5 Å². The summed E-state index contributed by atoms with van der Waals surface area (Å²) in [7, 11) is 1.53. The van der Waals surface area contributed by atoms with Gasteiger partial charge in [0.15, 0.2) is 0 Å². The number of carboxylic acid groups (broad SMARTS) is 1. The molecule has 0 radical (unpaired) electrons. The van der Waals surface area contributed by atoms with Crippen LogP contribution in [0.1, 0.15) is 47.0 Å². The number of rotatable bonds is 3. The number of carbonyl (C=O) groups is 2. The molecule has 2 amide bonds. The van der Waals surface area contributed by atoms with E-state index in [1.165, 1.54) is 32.2 Å². The highest BCUT2D eigenvalue weighted by Crippen LogP contribution is 2.28. The van der Waals surface area contributed by atoms with Crippen molar-refractivity contribution in [1.29, 1.82) is 0 Å². The van der Waals surface area contributed by atoms with Crippen molar-refractivity contribution in [1.82, 2.24) is 10.2 Å². The molecule has 0 aromatic carbocycles. The molecule has 2 N–H and O–H groups in total. The van der Waals surface area contributed by atoms with E-state index in [9.17, 15) is 9.59 Å². The van der Waals surface area contributed by atoms with E-state index in [0.717, 1.165) is 12.8 Å². The van der Waals surface area contributed by atoms with Gasteiger partial charge in [0.1, 0.15) is 5.54 Å². The van der Waals surface area contributed by atoms with Crippen LogP contribution in [0, 0.1) is 11.8 Å². The maximum Gasteiger partial charge on any atom is 0.329 e. The highest BCUT2D eigenvalue weighted by atomic mass is 16.4. The number of carbonyl (C=O) groups excluding carboxylic acids is 1. The second-order valence-electron chi connectivity index (χ2n) is 6.49. The summed E-state index contributed by atoms with van der Waals surface area (Å²) in [6.45, 7) is 7.45. The lowest BCUT2D eigenvalue weighted by molar-refractivity contribution is -0.146. The molecule has 5 nitrogen and oxygen atoms in total. The topological polar surface area (TPSA) is 69.6 Å². The van der Waals surface area contributed by atoms with E-state index in [1.807, 2.05) is 0 Å². The zero-order valence-electron chi connectivity index (χ0n) is 12.6. The largest absolute Gasteiger partial charge is 0.480 e. The molecule has 0 saturated heterocycles. The molecule has 0 bridgehead atoms. The summed E-state index contributed by atoms with van der Waals surface area (Å²) < 4.78 is 0. The van der Waals surface area contributed by atoms with Crippen LogP contribution in [0.2, 0.25) is 0 Å². The Hall–Kier alpha value is -1.26. The molecule has 2 unspecified atom stereocenters. The molecule has 2 atom stereocenters. The van der Waals surface area contributed by atoms with E-state index in [-0.39, 0.29) is 12.1 Å². The first-order chi connectivity index (χ1) is 8.64. The van der Waals surface area contributed by atoms with Crippen LogP contribution in [0.4, 0.5) is 4.79 Å². The molecule has 1 fully saturated rings. The van der Waals surface area contributed by atoms with Crippen molar-refractivity contribution in [2.75, 3.05) is 7.05 Å². The fourth-order valence-corrected chi connectivity index (χ4v) is 2.73. The summed E-state index contributed by atoms with van der Waals surface area (Å²) in [6.07, 6.45) is 3.14. The summed E-state index contributed by atoms with van der Waals surface area (Å²) in [5.41, 5.74) is -1.20. The van der Waals surface area contributed by atoms with Crippen molar-refractivity contribution in [3.63, 3.8) is 0 Å². The first-order valence-electron chi connectivity index (χ1n) is 6.92. The zero-order chi connectivity index (χ0) is 14.8. The van der Waals surface area contributed by atoms with Crippen LogP contribution in [0.5, 0.6) is 0 Å². The third-order valence-corrected chi connectivity index (χ3v) is 4.17. The minimum absolute atomic E-state index is 0.151. The highest BCUT2D eigenvalue weighted by molar-refractivity contribution is 5.85. The Morgan fingerprint density at radius 2 is 1.63 bits per heavy atom. The molecule has 5 heteroatoms. The number of nitrogens with one attached hydrogen (secondary N) is 1. The van der Waals surface area contributed by atoms with Crippen molar-refractivity contribution in [3.8, 4) is 0 Å². The van der Waals surface area contributed by atoms with Crippen molar-refractivity contribution < 1.29 is 14.7 Å². The number of carboxylic acids is 1. The number of amides is 2. The lowest BCUT2D eigenvalue weighted by Crippen LogP contribution is -2.56. The molecule has 1 rings (SSSR count). The predicted octanol–water partition coefficient (Wildman–Crippen LogP) is 2.32. The van der Waals surface area contributed by atoms with Crippen molar-refractivity contribution in [2.24, 2.45) is 11.8 Å². The number of likely N-dealkylation sites (N-methyl/N-ethyl adjacent to an activating group) is 1. The van der Waals surface area contributed by atoms with Gasteiger partial charge in [-0.2, -0.15) is 0 Å². The maximum absolute atomic E-state index is 12.1. The zero-order valence-corrected chi connectivity index (χ0v) is 12.6. The average molecular weight is 270 g/mol. The van der Waals surface area contributed by atoms with Gasteiger partial charge < -0.3 is 15.3 Å². The van der Waals surface area contributed by atoms with Crippen LogP contribution in [0.3, 0.4) is 0 Å². The molecule has 19 heavy (non-hydrogen) atoms. The lowest BCUT2D eigenvalue weighted by atomic mass is 9.80. The minimum atomic E-state index is -1.20. The van der Waals surface area contributed by atoms with E-state index in [0.29, 0.717) is 11.8 Å². The molecular formula is C14H26N2O3. The van der Waals surface area contributed by atoms with Crippen LogP contribution >= 0.6 is 0 Å². The third kappa shape index (κ3) is 3.85. The molecule has 1 saturated carbocycles. The molecule has 0 spiro atoms. The molecule has 110 valence electrons. The Bertz CT molecular complexity index is 345. The third-order valence-electron chi connectivity index (χ3n) is 4.17. The fraction of sp³-hybridized carbons (Fsp3) is 0.857. The van der Waals surface area contributed by atoms with E-state index in [2.05, 4.69) is 19.2 Å². The first kappa shape index (κ1) is 15.8. The first-order valence-corrected chi connectivity index (χ1v) is 6.92. The number of nitrogens with zero attached hydrogens (tertiary/aromatic N) is 1. The monoisotopic (exact) mass is 270 g/mol. The van der Waals surface area contributed by atoms with Crippen LogP contribution in [-0.2, 0) is 4.79 Å². The summed E-state index contributed by atoms with van der Waals surface area (Å²) in [5, 5.41) is 12.1. The van der Waals surface area contributed by atoms with Gasteiger partial charge in [0, 0.05) is 13.1 Å². The second-order valence-corrected chi connectivity index (χ2v) is 6.49. The molecule has 0 aromatic rings. The number of urea groups is 1. The minimum Gasteiger partial charge on any atom is -0.480 e. The van der Waals surface area contributed by atoms with Gasteiger partial charge in [0.05, 0.1) is 0 Å². The van der Waals surface area contributed by atoms with Crippen LogP contribution in [0.15, 0.2) is 0 Å².